The number of amidine groups is 1. The lowest BCUT2D eigenvalue weighted by molar-refractivity contribution is -0.140. The van der Waals surface area contributed by atoms with Crippen LogP contribution < -0.4 is 10.6 Å². The molecule has 6 nitrogen and oxygen atoms in total. The fraction of sp³-hybridized carbons (Fsp3) is 0.150. The molecule has 2 atom stereocenters. The van der Waals surface area contributed by atoms with Gasteiger partial charge in [0.15, 0.2) is 10.8 Å². The number of fused-ring (bicyclic) bond motifs is 1. The first-order valence-corrected chi connectivity index (χ1v) is 9.30. The van der Waals surface area contributed by atoms with Gasteiger partial charge < -0.3 is 15.7 Å². The van der Waals surface area contributed by atoms with Crippen molar-refractivity contribution in [2.75, 3.05) is 11.4 Å². The maximum atomic E-state index is 13.2. The van der Waals surface area contributed by atoms with E-state index in [4.69, 9.17) is 5.73 Å². The molecule has 27 heavy (non-hydrogen) atoms. The van der Waals surface area contributed by atoms with Crippen LogP contribution in [0.4, 0.5) is 5.69 Å². The summed E-state index contributed by atoms with van der Waals surface area (Å²) in [5, 5.41) is 10.3. The molecule has 0 unspecified atom stereocenters. The van der Waals surface area contributed by atoms with Crippen LogP contribution in [0.25, 0.3) is 6.08 Å². The third-order valence-corrected chi connectivity index (χ3v) is 5.75. The van der Waals surface area contributed by atoms with Gasteiger partial charge in [-0.15, -0.1) is 0 Å². The number of amides is 2. The summed E-state index contributed by atoms with van der Waals surface area (Å²) in [6.07, 6.45) is 3.76. The number of hydrogen-bond donors (Lipinski definition) is 2. The maximum absolute atomic E-state index is 13.2. The quantitative estimate of drug-likeness (QED) is 0.846. The number of thioether (sulfide) groups is 1. The molecule has 3 N–H and O–H groups in total. The number of benzene rings is 2. The monoisotopic (exact) mass is 379 g/mol. The molecule has 2 aliphatic heterocycles. The second kappa shape index (κ2) is 6.68. The van der Waals surface area contributed by atoms with E-state index in [0.29, 0.717) is 11.3 Å². The van der Waals surface area contributed by atoms with E-state index in [-0.39, 0.29) is 11.7 Å². The molecule has 136 valence electrons. The molecule has 0 spiro atoms. The molecule has 0 saturated heterocycles. The third-order valence-electron chi connectivity index (χ3n) is 4.64. The topological polar surface area (TPSA) is 96.0 Å². The number of aliphatic hydroxyl groups is 1. The van der Waals surface area contributed by atoms with Crippen LogP contribution >= 0.6 is 11.8 Å². The molecule has 4 rings (SSSR count). The smallest absolute Gasteiger partial charge is 0.265 e. The maximum Gasteiger partial charge on any atom is 0.265 e. The van der Waals surface area contributed by atoms with Gasteiger partial charge >= 0.3 is 0 Å². The second-order valence-corrected chi connectivity index (χ2v) is 7.42. The molecule has 0 saturated carbocycles. The number of carbonyl (C=O) groups excluding carboxylic acids is 2. The lowest BCUT2D eigenvalue weighted by atomic mass is 9.91. The van der Waals surface area contributed by atoms with E-state index in [1.54, 1.807) is 24.3 Å². The molecule has 0 radical (unpaired) electrons. The zero-order chi connectivity index (χ0) is 19.0. The molecule has 7 heteroatoms. The van der Waals surface area contributed by atoms with E-state index in [1.165, 1.54) is 4.90 Å². The molecule has 0 aliphatic carbocycles. The number of anilines is 1. The van der Waals surface area contributed by atoms with Crippen LogP contribution in [0.15, 0.2) is 65.7 Å². The molecule has 2 aromatic carbocycles. The summed E-state index contributed by atoms with van der Waals surface area (Å²) in [4.78, 5) is 30.5. The summed E-state index contributed by atoms with van der Waals surface area (Å²) in [5.74, 6) is -1.14. The zero-order valence-corrected chi connectivity index (χ0v) is 15.1. The fourth-order valence-corrected chi connectivity index (χ4v) is 4.32. The Morgan fingerprint density at radius 2 is 1.85 bits per heavy atom. The predicted molar refractivity (Wildman–Crippen MR) is 106 cm³/mol. The van der Waals surface area contributed by atoms with Crippen molar-refractivity contribution in [1.82, 2.24) is 0 Å². The van der Waals surface area contributed by atoms with Gasteiger partial charge in [0, 0.05) is 12.1 Å². The summed E-state index contributed by atoms with van der Waals surface area (Å²) in [6, 6.07) is 16.7. The minimum atomic E-state index is -1.98. The first-order chi connectivity index (χ1) is 13.0. The van der Waals surface area contributed by atoms with Crippen molar-refractivity contribution >= 4 is 40.5 Å². The SMILES string of the molecule is NC1=NC(=O)[C@@H]([C@@]2(O)C(=O)N(C/C=C/c3ccccc3)c3ccccc32)S1. The van der Waals surface area contributed by atoms with Gasteiger partial charge in [-0.2, -0.15) is 4.99 Å². The van der Waals surface area contributed by atoms with E-state index in [1.807, 2.05) is 42.5 Å². The Balaban J connectivity index is 1.66. The molecule has 0 bridgehead atoms. The highest BCUT2D eigenvalue weighted by Crippen LogP contribution is 2.47. The number of rotatable bonds is 4. The van der Waals surface area contributed by atoms with Crippen molar-refractivity contribution in [1.29, 1.82) is 0 Å². The predicted octanol–water partition coefficient (Wildman–Crippen LogP) is 1.89. The van der Waals surface area contributed by atoms with Gasteiger partial charge in [-0.1, -0.05) is 72.4 Å². The number of carbonyl (C=O) groups is 2. The number of aliphatic imine (C=N–C) groups is 1. The summed E-state index contributed by atoms with van der Waals surface area (Å²) < 4.78 is 0. The molecule has 2 aliphatic rings. The second-order valence-electron chi connectivity index (χ2n) is 6.30. The number of nitrogens with zero attached hydrogens (tertiary/aromatic N) is 2. The van der Waals surface area contributed by atoms with Crippen LogP contribution in [0, 0.1) is 0 Å². The summed E-state index contributed by atoms with van der Waals surface area (Å²) in [6.45, 7) is 0.273. The Morgan fingerprint density at radius 3 is 2.56 bits per heavy atom. The fourth-order valence-electron chi connectivity index (χ4n) is 3.38. The molecule has 0 fully saturated rings. The Bertz CT molecular complexity index is 973. The zero-order valence-electron chi connectivity index (χ0n) is 14.3. The normalized spacial score (nSPS) is 24.6. The highest BCUT2D eigenvalue weighted by molar-refractivity contribution is 8.15. The standard InChI is InChI=1S/C20H17N3O3S/c21-19-22-17(24)16(27-19)20(26)14-10-4-5-11-15(14)23(18(20)25)12-6-9-13-7-2-1-3-8-13/h1-11,16,26H,12H2,(H2,21,22,24)/b9-6+/t16-,20+/m0/s1. The third kappa shape index (κ3) is 2.85. The molecule has 0 aromatic heterocycles. The summed E-state index contributed by atoms with van der Waals surface area (Å²) in [5.41, 5.74) is 5.65. The van der Waals surface area contributed by atoms with Gasteiger partial charge in [0.1, 0.15) is 5.25 Å². The summed E-state index contributed by atoms with van der Waals surface area (Å²) in [7, 11) is 0. The van der Waals surface area contributed by atoms with Gasteiger partial charge in [0.25, 0.3) is 11.8 Å². The van der Waals surface area contributed by atoms with Crippen LogP contribution in [0.3, 0.4) is 0 Å². The van der Waals surface area contributed by atoms with Crippen LogP contribution in [0.5, 0.6) is 0 Å². The minimum Gasteiger partial charge on any atom is -0.378 e. The highest BCUT2D eigenvalue weighted by Gasteiger charge is 2.58. The van der Waals surface area contributed by atoms with Crippen LogP contribution in [0.1, 0.15) is 11.1 Å². The van der Waals surface area contributed by atoms with Crippen molar-refractivity contribution in [3.8, 4) is 0 Å². The molecular formula is C20H17N3O3S. The largest absolute Gasteiger partial charge is 0.378 e. The Labute approximate surface area is 160 Å². The van der Waals surface area contributed by atoms with Gasteiger partial charge in [0.05, 0.1) is 5.69 Å². The first kappa shape index (κ1) is 17.5. The molecule has 2 amide bonds. The van der Waals surface area contributed by atoms with Crippen LogP contribution in [-0.2, 0) is 15.2 Å². The lowest BCUT2D eigenvalue weighted by Crippen LogP contribution is -2.49. The van der Waals surface area contributed by atoms with Crippen molar-refractivity contribution in [2.24, 2.45) is 10.7 Å². The van der Waals surface area contributed by atoms with Crippen molar-refractivity contribution in [3.63, 3.8) is 0 Å². The van der Waals surface area contributed by atoms with E-state index in [0.717, 1.165) is 17.3 Å². The van der Waals surface area contributed by atoms with Gasteiger partial charge in [-0.05, 0) is 11.6 Å². The Morgan fingerprint density at radius 1 is 1.15 bits per heavy atom. The van der Waals surface area contributed by atoms with Crippen molar-refractivity contribution < 1.29 is 14.7 Å². The number of hydrogen-bond acceptors (Lipinski definition) is 5. The van der Waals surface area contributed by atoms with Crippen LogP contribution in [-0.4, -0.2) is 33.9 Å². The number of para-hydroxylation sites is 1. The summed E-state index contributed by atoms with van der Waals surface area (Å²) >= 11 is 0.923. The van der Waals surface area contributed by atoms with E-state index >= 15 is 0 Å². The van der Waals surface area contributed by atoms with Crippen molar-refractivity contribution in [2.45, 2.75) is 10.9 Å². The van der Waals surface area contributed by atoms with E-state index in [9.17, 15) is 14.7 Å². The van der Waals surface area contributed by atoms with Crippen LogP contribution in [0.2, 0.25) is 0 Å². The Hall–Kier alpha value is -2.90. The minimum absolute atomic E-state index is 0.0612. The van der Waals surface area contributed by atoms with E-state index in [2.05, 4.69) is 4.99 Å². The van der Waals surface area contributed by atoms with Gasteiger partial charge in [-0.25, -0.2) is 0 Å². The number of nitrogens with two attached hydrogens (primary N) is 1. The average molecular weight is 379 g/mol. The van der Waals surface area contributed by atoms with Crippen molar-refractivity contribution in [3.05, 3.63) is 71.8 Å². The lowest BCUT2D eigenvalue weighted by Gasteiger charge is -2.26. The molecular weight excluding hydrogens is 362 g/mol. The first-order valence-electron chi connectivity index (χ1n) is 8.42. The highest BCUT2D eigenvalue weighted by atomic mass is 32.2. The molecule has 2 aromatic rings. The average Bonchev–Trinajstić information content (AvgIpc) is 3.13. The Kier molecular flexibility index (Phi) is 4.33. The van der Waals surface area contributed by atoms with Gasteiger partial charge in [-0.3, -0.25) is 9.59 Å². The van der Waals surface area contributed by atoms with Gasteiger partial charge in [0.2, 0.25) is 0 Å². The van der Waals surface area contributed by atoms with E-state index < -0.39 is 22.7 Å². The molecule has 2 heterocycles.